The fourth-order valence-electron chi connectivity index (χ4n) is 1.66. The Hall–Kier alpha value is 1.92. The van der Waals surface area contributed by atoms with E-state index in [1.165, 1.54) is 22.1 Å². The minimum absolute atomic E-state index is 0.379. The van der Waals surface area contributed by atoms with Gasteiger partial charge in [-0.25, -0.2) is 0 Å². The third-order valence-electron chi connectivity index (χ3n) is 3.20. The lowest BCUT2D eigenvalue weighted by molar-refractivity contribution is 0.672. The number of hydrogen-bond donors (Lipinski definition) is 0. The smallest absolute Gasteiger partial charge is 0.0972 e. The summed E-state index contributed by atoms with van der Waals surface area (Å²) in [5, 5.41) is 0. The first kappa shape index (κ1) is 21.9. The molecule has 0 spiro atoms. The van der Waals surface area contributed by atoms with Crippen molar-refractivity contribution in [3.8, 4) is 0 Å². The first-order chi connectivity index (χ1) is 8.98. The van der Waals surface area contributed by atoms with Crippen molar-refractivity contribution in [3.63, 3.8) is 0 Å². The van der Waals surface area contributed by atoms with Crippen molar-refractivity contribution in [1.82, 2.24) is 0 Å². The van der Waals surface area contributed by atoms with E-state index < -0.39 is 12.5 Å². The molecule has 0 unspecified atom stereocenters. The van der Waals surface area contributed by atoms with E-state index >= 15 is 0 Å². The minimum atomic E-state index is -1.82. The van der Waals surface area contributed by atoms with E-state index in [4.69, 9.17) is 31.6 Å². The summed E-state index contributed by atoms with van der Waals surface area (Å²) in [6.45, 7) is 17.1. The van der Waals surface area contributed by atoms with Crippen molar-refractivity contribution in [2.45, 2.75) is 78.0 Å². The summed E-state index contributed by atoms with van der Waals surface area (Å²) >= 11 is 14.0. The van der Waals surface area contributed by atoms with Crippen molar-refractivity contribution >= 4 is 58.3 Å². The highest BCUT2D eigenvalue weighted by molar-refractivity contribution is 8.74. The first-order valence-electron chi connectivity index (χ1n) is 6.88. The highest BCUT2D eigenvalue weighted by Gasteiger charge is 2.30. The van der Waals surface area contributed by atoms with Crippen molar-refractivity contribution in [2.75, 3.05) is 0 Å². The minimum Gasteiger partial charge on any atom is -0.272 e. The predicted molar refractivity (Wildman–Crippen MR) is 106 cm³/mol. The van der Waals surface area contributed by atoms with Crippen LogP contribution >= 0.6 is 34.7 Å². The molecule has 0 aliphatic carbocycles. The van der Waals surface area contributed by atoms with E-state index in [2.05, 4.69) is 55.4 Å². The van der Waals surface area contributed by atoms with Gasteiger partial charge in [0.05, 0.1) is 34.7 Å². The van der Waals surface area contributed by atoms with Crippen LogP contribution in [0.5, 0.6) is 0 Å². The van der Waals surface area contributed by atoms with Gasteiger partial charge in [-0.1, -0.05) is 79.0 Å². The van der Waals surface area contributed by atoms with Crippen LogP contribution in [0.3, 0.4) is 0 Å². The van der Waals surface area contributed by atoms with Crippen LogP contribution in [0.4, 0.5) is 0 Å². The molecule has 122 valence electrons. The van der Waals surface area contributed by atoms with E-state index in [9.17, 15) is 0 Å². The molecule has 0 heterocycles. The Morgan fingerprint density at radius 2 is 0.800 bits per heavy atom. The van der Waals surface area contributed by atoms with Crippen LogP contribution in [0.1, 0.15) is 55.4 Å². The van der Waals surface area contributed by atoms with Gasteiger partial charge in [-0.05, 0) is 0 Å². The Balaban J connectivity index is 4.53. The Morgan fingerprint density at radius 1 is 0.600 bits per heavy atom. The molecule has 0 aromatic rings. The van der Waals surface area contributed by atoms with Crippen LogP contribution in [-0.4, -0.2) is 22.6 Å². The summed E-state index contributed by atoms with van der Waals surface area (Å²) in [7, 11) is 0. The zero-order valence-electron chi connectivity index (χ0n) is 13.7. The van der Waals surface area contributed by atoms with Crippen LogP contribution in [0.15, 0.2) is 0 Å². The lowest BCUT2D eigenvalue weighted by Gasteiger charge is -2.30. The standard InChI is InChI=1S/C12H28O2P2S4/c1-9(2)15(17,10(3)4)13-19-20-14-16(18,11(5)6)12(7)8/h9-12H,1-8H3. The molecule has 8 heteroatoms. The molecule has 0 saturated carbocycles. The molecule has 0 aromatic carbocycles. The molecule has 0 saturated heterocycles. The van der Waals surface area contributed by atoms with Gasteiger partial charge >= 0.3 is 0 Å². The van der Waals surface area contributed by atoms with E-state index in [1.807, 2.05) is 0 Å². The molecule has 0 fully saturated rings. The second-order valence-corrected chi connectivity index (χ2v) is 18.4. The summed E-state index contributed by atoms with van der Waals surface area (Å²) in [6, 6.07) is 0. The fraction of sp³-hybridized carbons (Fsp3) is 1.00. The Morgan fingerprint density at radius 3 is 0.950 bits per heavy atom. The fourth-order valence-corrected chi connectivity index (χ4v) is 11.3. The van der Waals surface area contributed by atoms with Crippen LogP contribution in [-0.2, 0) is 31.6 Å². The third kappa shape index (κ3) is 5.85. The second-order valence-electron chi connectivity index (χ2n) is 5.95. The van der Waals surface area contributed by atoms with Crippen molar-refractivity contribution in [2.24, 2.45) is 0 Å². The molecular weight excluding hydrogens is 366 g/mol. The molecule has 0 aromatic heterocycles. The van der Waals surface area contributed by atoms with Gasteiger partial charge < -0.3 is 0 Å². The molecular formula is C12H28O2P2S4. The van der Waals surface area contributed by atoms with Gasteiger partial charge in [0.1, 0.15) is 0 Å². The maximum absolute atomic E-state index is 5.96. The van der Waals surface area contributed by atoms with Crippen molar-refractivity contribution < 1.29 is 7.94 Å². The molecule has 0 amide bonds. The normalized spacial score (nSPS) is 14.0. The topological polar surface area (TPSA) is 18.5 Å². The highest BCUT2D eigenvalue weighted by Crippen LogP contribution is 2.64. The number of hydrogen-bond acceptors (Lipinski definition) is 6. The van der Waals surface area contributed by atoms with Crippen LogP contribution in [0.25, 0.3) is 0 Å². The highest BCUT2D eigenvalue weighted by atomic mass is 33.1. The summed E-state index contributed by atoms with van der Waals surface area (Å²) in [5.41, 5.74) is 1.51. The molecule has 0 atom stereocenters. The molecule has 0 bridgehead atoms. The molecule has 0 aliphatic rings. The second kappa shape index (κ2) is 9.27. The first-order valence-corrected chi connectivity index (χ1v) is 14.6. The van der Waals surface area contributed by atoms with Gasteiger partial charge in [-0.2, -0.15) is 0 Å². The quantitative estimate of drug-likeness (QED) is 0.187. The molecule has 2 nitrogen and oxygen atoms in total. The van der Waals surface area contributed by atoms with E-state index in [0.717, 1.165) is 0 Å². The SMILES string of the molecule is CC(C)P(=S)(OSSOP(=S)(C(C)C)C(C)C)C(C)C. The largest absolute Gasteiger partial charge is 0.272 e. The number of rotatable bonds is 9. The van der Waals surface area contributed by atoms with Crippen LogP contribution < -0.4 is 0 Å². The zero-order chi connectivity index (χ0) is 16.1. The van der Waals surface area contributed by atoms with Gasteiger partial charge in [0.2, 0.25) is 0 Å². The summed E-state index contributed by atoms with van der Waals surface area (Å²) in [5.74, 6) is 0. The van der Waals surface area contributed by atoms with Crippen molar-refractivity contribution in [1.29, 1.82) is 0 Å². The lowest BCUT2D eigenvalue weighted by atomic mass is 10.5. The van der Waals surface area contributed by atoms with E-state index in [-0.39, 0.29) is 0 Å². The molecule has 20 heavy (non-hydrogen) atoms. The average Bonchev–Trinajstić information content (AvgIpc) is 2.32. The van der Waals surface area contributed by atoms with E-state index in [0.29, 0.717) is 22.6 Å². The van der Waals surface area contributed by atoms with Gasteiger partial charge in [-0.15, -0.1) is 0 Å². The maximum atomic E-state index is 5.96. The van der Waals surface area contributed by atoms with Crippen LogP contribution in [0, 0.1) is 0 Å². The molecule has 0 aliphatic heterocycles. The van der Waals surface area contributed by atoms with Crippen LogP contribution in [0.2, 0.25) is 0 Å². The molecule has 0 radical (unpaired) electrons. The third-order valence-corrected chi connectivity index (χ3v) is 18.8. The summed E-state index contributed by atoms with van der Waals surface area (Å²) < 4.78 is 11.9. The predicted octanol–water partition coefficient (Wildman–Crippen LogP) is 6.65. The van der Waals surface area contributed by atoms with Gasteiger partial charge in [-0.3, -0.25) is 7.94 Å². The van der Waals surface area contributed by atoms with Gasteiger partial charge in [0, 0.05) is 22.6 Å². The Labute approximate surface area is 143 Å². The lowest BCUT2D eigenvalue weighted by Crippen LogP contribution is -2.09. The zero-order valence-corrected chi connectivity index (χ0v) is 18.7. The summed E-state index contributed by atoms with van der Waals surface area (Å²) in [4.78, 5) is 0. The monoisotopic (exact) mass is 394 g/mol. The van der Waals surface area contributed by atoms with Gasteiger partial charge in [0.15, 0.2) is 0 Å². The van der Waals surface area contributed by atoms with E-state index in [1.54, 1.807) is 0 Å². The maximum Gasteiger partial charge on any atom is 0.0972 e. The Bertz CT molecular complexity index is 324. The average molecular weight is 395 g/mol. The summed E-state index contributed by atoms with van der Waals surface area (Å²) in [6.07, 6.45) is -3.64. The Kier molecular flexibility index (Phi) is 10.2. The molecule has 0 N–H and O–H groups in total. The van der Waals surface area contributed by atoms with Gasteiger partial charge in [0.25, 0.3) is 0 Å². The molecule has 0 rings (SSSR count). The van der Waals surface area contributed by atoms with Crippen molar-refractivity contribution in [3.05, 3.63) is 0 Å².